The van der Waals surface area contributed by atoms with Gasteiger partial charge in [0, 0.05) is 13.2 Å². The molecule has 0 amide bonds. The normalized spacial score (nSPS) is 20.4. The number of hydrogen-bond acceptors (Lipinski definition) is 4. The molecular formula is C10H19NO3. The average Bonchev–Trinajstić information content (AvgIpc) is 2.19. The minimum Gasteiger partial charge on any atom is -0.465 e. The zero-order chi connectivity index (χ0) is 10.4. The molecule has 1 unspecified atom stereocenters. The van der Waals surface area contributed by atoms with Crippen molar-refractivity contribution in [2.24, 2.45) is 11.7 Å². The number of carbonyl (C=O) groups excluding carboxylic acids is 1. The topological polar surface area (TPSA) is 61.5 Å². The Morgan fingerprint density at radius 2 is 2.21 bits per heavy atom. The molecule has 0 radical (unpaired) electrons. The van der Waals surface area contributed by atoms with Crippen LogP contribution in [-0.4, -0.2) is 31.8 Å². The van der Waals surface area contributed by atoms with Crippen LogP contribution in [0.4, 0.5) is 0 Å². The van der Waals surface area contributed by atoms with Gasteiger partial charge in [-0.05, 0) is 32.1 Å². The second-order valence-corrected chi connectivity index (χ2v) is 3.65. The van der Waals surface area contributed by atoms with Crippen LogP contribution in [0.1, 0.15) is 26.2 Å². The van der Waals surface area contributed by atoms with E-state index in [1.807, 2.05) is 0 Å². The Bertz CT molecular complexity index is 178. The highest BCUT2D eigenvalue weighted by Gasteiger charge is 2.22. The Kier molecular flexibility index (Phi) is 4.90. The number of ether oxygens (including phenoxy) is 2. The summed E-state index contributed by atoms with van der Waals surface area (Å²) in [6.07, 6.45) is 2.74. The Morgan fingerprint density at radius 1 is 1.57 bits per heavy atom. The Hall–Kier alpha value is -0.610. The van der Waals surface area contributed by atoms with Gasteiger partial charge in [0.15, 0.2) is 0 Å². The molecule has 0 aliphatic carbocycles. The molecule has 4 heteroatoms. The molecule has 0 aromatic heterocycles. The quantitative estimate of drug-likeness (QED) is 0.680. The van der Waals surface area contributed by atoms with Crippen LogP contribution < -0.4 is 5.73 Å². The van der Waals surface area contributed by atoms with Crippen molar-refractivity contribution in [3.05, 3.63) is 0 Å². The van der Waals surface area contributed by atoms with Gasteiger partial charge in [0.2, 0.25) is 0 Å². The summed E-state index contributed by atoms with van der Waals surface area (Å²) in [5.41, 5.74) is 5.72. The molecule has 2 N–H and O–H groups in total. The Balaban J connectivity index is 2.24. The standard InChI is InChI=1S/C10H19NO3/c1-2-14-10(12)9(11)7-8-3-5-13-6-4-8/h8-9H,2-7,11H2,1H3. The minimum atomic E-state index is -0.460. The molecule has 0 saturated carbocycles. The Labute approximate surface area is 84.7 Å². The fraction of sp³-hybridized carbons (Fsp3) is 0.900. The van der Waals surface area contributed by atoms with Crippen molar-refractivity contribution in [1.29, 1.82) is 0 Å². The van der Waals surface area contributed by atoms with Crippen molar-refractivity contribution in [3.8, 4) is 0 Å². The number of esters is 1. The van der Waals surface area contributed by atoms with Crippen LogP contribution in [-0.2, 0) is 14.3 Å². The summed E-state index contributed by atoms with van der Waals surface area (Å²) >= 11 is 0. The van der Waals surface area contributed by atoms with Crippen LogP contribution in [0, 0.1) is 5.92 Å². The lowest BCUT2D eigenvalue weighted by molar-refractivity contribution is -0.145. The monoisotopic (exact) mass is 201 g/mol. The molecule has 14 heavy (non-hydrogen) atoms. The summed E-state index contributed by atoms with van der Waals surface area (Å²) in [4.78, 5) is 11.2. The third-order valence-corrected chi connectivity index (χ3v) is 2.52. The first-order valence-electron chi connectivity index (χ1n) is 5.24. The van der Waals surface area contributed by atoms with Crippen molar-refractivity contribution in [3.63, 3.8) is 0 Å². The van der Waals surface area contributed by atoms with Crippen molar-refractivity contribution in [2.75, 3.05) is 19.8 Å². The van der Waals surface area contributed by atoms with E-state index in [0.29, 0.717) is 12.5 Å². The predicted molar refractivity (Wildman–Crippen MR) is 52.8 cm³/mol. The fourth-order valence-electron chi connectivity index (χ4n) is 1.69. The molecule has 1 saturated heterocycles. The van der Waals surface area contributed by atoms with Gasteiger partial charge in [-0.1, -0.05) is 0 Å². The lowest BCUT2D eigenvalue weighted by Crippen LogP contribution is -2.35. The van der Waals surface area contributed by atoms with Crippen LogP contribution in [0.5, 0.6) is 0 Å². The molecular weight excluding hydrogens is 182 g/mol. The van der Waals surface area contributed by atoms with Gasteiger partial charge in [-0.25, -0.2) is 0 Å². The molecule has 1 rings (SSSR count). The second-order valence-electron chi connectivity index (χ2n) is 3.65. The van der Waals surface area contributed by atoms with Crippen LogP contribution in [0.2, 0.25) is 0 Å². The number of carbonyl (C=O) groups is 1. The maximum atomic E-state index is 11.2. The first-order valence-corrected chi connectivity index (χ1v) is 5.24. The molecule has 1 heterocycles. The molecule has 0 bridgehead atoms. The van der Waals surface area contributed by atoms with E-state index < -0.39 is 6.04 Å². The number of hydrogen-bond donors (Lipinski definition) is 1. The van der Waals surface area contributed by atoms with Crippen molar-refractivity contribution in [2.45, 2.75) is 32.2 Å². The molecule has 1 aliphatic heterocycles. The SMILES string of the molecule is CCOC(=O)C(N)CC1CCOCC1. The zero-order valence-electron chi connectivity index (χ0n) is 8.70. The molecule has 82 valence electrons. The van der Waals surface area contributed by atoms with Gasteiger partial charge in [-0.3, -0.25) is 4.79 Å². The van der Waals surface area contributed by atoms with Gasteiger partial charge in [0.1, 0.15) is 6.04 Å². The van der Waals surface area contributed by atoms with E-state index in [1.54, 1.807) is 6.92 Å². The fourth-order valence-corrected chi connectivity index (χ4v) is 1.69. The summed E-state index contributed by atoms with van der Waals surface area (Å²) < 4.78 is 10.1. The smallest absolute Gasteiger partial charge is 0.322 e. The lowest BCUT2D eigenvalue weighted by atomic mass is 9.93. The van der Waals surface area contributed by atoms with Crippen molar-refractivity contribution >= 4 is 5.97 Å². The van der Waals surface area contributed by atoms with Gasteiger partial charge in [0.05, 0.1) is 6.61 Å². The summed E-state index contributed by atoms with van der Waals surface area (Å²) in [5.74, 6) is 0.238. The third-order valence-electron chi connectivity index (χ3n) is 2.52. The highest BCUT2D eigenvalue weighted by atomic mass is 16.5. The van der Waals surface area contributed by atoms with Crippen LogP contribution in [0.15, 0.2) is 0 Å². The molecule has 1 aliphatic rings. The number of nitrogens with two attached hydrogens (primary N) is 1. The largest absolute Gasteiger partial charge is 0.465 e. The molecule has 0 aromatic carbocycles. The molecule has 1 fully saturated rings. The average molecular weight is 201 g/mol. The third kappa shape index (κ3) is 3.64. The molecule has 0 aromatic rings. The van der Waals surface area contributed by atoms with E-state index in [2.05, 4.69) is 0 Å². The number of rotatable bonds is 4. The first kappa shape index (κ1) is 11.5. The summed E-state index contributed by atoms with van der Waals surface area (Å²) in [6, 6.07) is -0.460. The van der Waals surface area contributed by atoms with E-state index in [1.165, 1.54) is 0 Å². The molecule has 4 nitrogen and oxygen atoms in total. The minimum absolute atomic E-state index is 0.279. The summed E-state index contributed by atoms with van der Waals surface area (Å²) in [5, 5.41) is 0. The van der Waals surface area contributed by atoms with Crippen LogP contribution >= 0.6 is 0 Å². The van der Waals surface area contributed by atoms with Crippen LogP contribution in [0.3, 0.4) is 0 Å². The molecule has 1 atom stereocenters. The zero-order valence-corrected chi connectivity index (χ0v) is 8.70. The highest BCUT2D eigenvalue weighted by molar-refractivity contribution is 5.75. The van der Waals surface area contributed by atoms with Crippen molar-refractivity contribution < 1.29 is 14.3 Å². The van der Waals surface area contributed by atoms with E-state index >= 15 is 0 Å². The van der Waals surface area contributed by atoms with Crippen molar-refractivity contribution in [1.82, 2.24) is 0 Å². The summed E-state index contributed by atoms with van der Waals surface area (Å²) in [6.45, 7) is 3.78. The van der Waals surface area contributed by atoms with Gasteiger partial charge in [-0.2, -0.15) is 0 Å². The first-order chi connectivity index (χ1) is 6.74. The maximum absolute atomic E-state index is 11.2. The van der Waals surface area contributed by atoms with Crippen LogP contribution in [0.25, 0.3) is 0 Å². The van der Waals surface area contributed by atoms with E-state index in [4.69, 9.17) is 15.2 Å². The molecule has 0 spiro atoms. The Morgan fingerprint density at radius 3 is 2.79 bits per heavy atom. The maximum Gasteiger partial charge on any atom is 0.322 e. The predicted octanol–water partition coefficient (Wildman–Crippen LogP) is 0.693. The summed E-state index contributed by atoms with van der Waals surface area (Å²) in [7, 11) is 0. The lowest BCUT2D eigenvalue weighted by Gasteiger charge is -2.23. The van der Waals surface area contributed by atoms with E-state index in [0.717, 1.165) is 32.5 Å². The second kappa shape index (κ2) is 5.98. The van der Waals surface area contributed by atoms with Gasteiger partial charge in [-0.15, -0.1) is 0 Å². The van der Waals surface area contributed by atoms with Gasteiger partial charge >= 0.3 is 5.97 Å². The van der Waals surface area contributed by atoms with E-state index in [-0.39, 0.29) is 5.97 Å². The van der Waals surface area contributed by atoms with Gasteiger partial charge in [0.25, 0.3) is 0 Å². The van der Waals surface area contributed by atoms with E-state index in [9.17, 15) is 4.79 Å². The van der Waals surface area contributed by atoms with Gasteiger partial charge < -0.3 is 15.2 Å². The highest BCUT2D eigenvalue weighted by Crippen LogP contribution is 2.19.